The van der Waals surface area contributed by atoms with Crippen molar-refractivity contribution in [3.63, 3.8) is 0 Å². The summed E-state index contributed by atoms with van der Waals surface area (Å²) in [5, 5.41) is 29.1. The number of carbonyl (C=O) groups is 1. The van der Waals surface area contributed by atoms with Crippen molar-refractivity contribution in [2.75, 3.05) is 46.6 Å². The third kappa shape index (κ3) is 18.8. The second-order valence-electron chi connectivity index (χ2n) is 8.70. The van der Waals surface area contributed by atoms with Gasteiger partial charge in [-0.15, -0.1) is 0 Å². The Morgan fingerprint density at radius 2 is 1.38 bits per heavy atom. The van der Waals surface area contributed by atoms with Crippen LogP contribution < -0.4 is 0 Å². The van der Waals surface area contributed by atoms with Gasteiger partial charge in [0.1, 0.15) is 0 Å². The van der Waals surface area contributed by atoms with E-state index in [1.54, 1.807) is 0 Å². The van der Waals surface area contributed by atoms with E-state index in [2.05, 4.69) is 11.7 Å². The molecule has 0 bridgehead atoms. The standard InChI is InChI=1S/C25H51NO6/c1-3-4-5-6-8-11-14-23(29)24(32-22-19-26(17-20-27)18-21-28)15-12-9-7-10-13-16-25(30)31-2/h23-24,27-29H,3-22H2,1-2H3. The minimum absolute atomic E-state index is 0.0556. The zero-order valence-corrected chi connectivity index (χ0v) is 20.8. The number of nitrogens with zero attached hydrogens (tertiary/aromatic N) is 1. The number of methoxy groups -OCH3 is 1. The summed E-state index contributed by atoms with van der Waals surface area (Å²) in [6.45, 7) is 4.47. The molecule has 0 radical (unpaired) electrons. The van der Waals surface area contributed by atoms with Gasteiger partial charge >= 0.3 is 5.97 Å². The lowest BCUT2D eigenvalue weighted by atomic mass is 9.99. The maximum absolute atomic E-state index is 11.2. The molecule has 0 heterocycles. The van der Waals surface area contributed by atoms with Crippen LogP contribution in [0.4, 0.5) is 0 Å². The SMILES string of the molecule is CCCCCCCCC(O)C(CCCCCCCC(=O)OC)OCCN(CCO)CCO. The van der Waals surface area contributed by atoms with Crippen molar-refractivity contribution >= 4 is 5.97 Å². The number of hydrogen-bond donors (Lipinski definition) is 3. The highest BCUT2D eigenvalue weighted by Crippen LogP contribution is 2.18. The first kappa shape index (κ1) is 31.3. The molecule has 0 aromatic carbocycles. The normalized spacial score (nSPS) is 13.4. The monoisotopic (exact) mass is 461 g/mol. The lowest BCUT2D eigenvalue weighted by molar-refractivity contribution is -0.140. The average Bonchev–Trinajstić information content (AvgIpc) is 2.79. The van der Waals surface area contributed by atoms with Crippen molar-refractivity contribution in [1.29, 1.82) is 0 Å². The van der Waals surface area contributed by atoms with Crippen molar-refractivity contribution in [1.82, 2.24) is 4.90 Å². The van der Waals surface area contributed by atoms with E-state index in [9.17, 15) is 9.90 Å². The number of aliphatic hydroxyl groups is 3. The van der Waals surface area contributed by atoms with Crippen LogP contribution in [-0.2, 0) is 14.3 Å². The quantitative estimate of drug-likeness (QED) is 0.149. The molecule has 0 aromatic rings. The fourth-order valence-electron chi connectivity index (χ4n) is 3.91. The Bertz CT molecular complexity index is 404. The summed E-state index contributed by atoms with van der Waals surface area (Å²) >= 11 is 0. The summed E-state index contributed by atoms with van der Waals surface area (Å²) in [4.78, 5) is 13.1. The second-order valence-corrected chi connectivity index (χ2v) is 8.70. The van der Waals surface area contributed by atoms with E-state index in [4.69, 9.17) is 14.9 Å². The van der Waals surface area contributed by atoms with E-state index < -0.39 is 6.10 Å². The summed E-state index contributed by atoms with van der Waals surface area (Å²) in [5.41, 5.74) is 0. The molecule has 7 nitrogen and oxygen atoms in total. The average molecular weight is 462 g/mol. The molecule has 0 aliphatic rings. The summed E-state index contributed by atoms with van der Waals surface area (Å²) in [6, 6.07) is 0. The van der Waals surface area contributed by atoms with Gasteiger partial charge in [0.05, 0.1) is 39.1 Å². The van der Waals surface area contributed by atoms with Crippen LogP contribution in [0.5, 0.6) is 0 Å². The molecule has 0 aliphatic heterocycles. The van der Waals surface area contributed by atoms with Crippen molar-refractivity contribution in [3.05, 3.63) is 0 Å². The smallest absolute Gasteiger partial charge is 0.305 e. The Morgan fingerprint density at radius 1 is 0.812 bits per heavy atom. The van der Waals surface area contributed by atoms with Crippen LogP contribution in [0.15, 0.2) is 0 Å². The van der Waals surface area contributed by atoms with Gasteiger partial charge in [0.25, 0.3) is 0 Å². The lowest BCUT2D eigenvalue weighted by Crippen LogP contribution is -2.36. The third-order valence-corrected chi connectivity index (χ3v) is 5.95. The minimum Gasteiger partial charge on any atom is -0.469 e. The van der Waals surface area contributed by atoms with Gasteiger partial charge in [0.15, 0.2) is 0 Å². The van der Waals surface area contributed by atoms with Crippen molar-refractivity contribution in [2.24, 2.45) is 0 Å². The molecule has 3 N–H and O–H groups in total. The van der Waals surface area contributed by atoms with Gasteiger partial charge in [-0.1, -0.05) is 71.1 Å². The fourth-order valence-corrected chi connectivity index (χ4v) is 3.91. The van der Waals surface area contributed by atoms with E-state index in [0.29, 0.717) is 32.7 Å². The minimum atomic E-state index is -0.454. The van der Waals surface area contributed by atoms with Crippen LogP contribution in [0.1, 0.15) is 96.8 Å². The molecule has 0 saturated heterocycles. The number of hydrogen-bond acceptors (Lipinski definition) is 7. The Hall–Kier alpha value is -0.730. The van der Waals surface area contributed by atoms with E-state index in [1.165, 1.54) is 32.8 Å². The van der Waals surface area contributed by atoms with Crippen LogP contribution >= 0.6 is 0 Å². The maximum Gasteiger partial charge on any atom is 0.305 e. The summed E-state index contributed by atoms with van der Waals surface area (Å²) < 4.78 is 10.7. The van der Waals surface area contributed by atoms with Crippen molar-refractivity contribution in [3.8, 4) is 0 Å². The van der Waals surface area contributed by atoms with Gasteiger partial charge in [-0.25, -0.2) is 0 Å². The topological polar surface area (TPSA) is 99.5 Å². The predicted octanol–water partition coefficient (Wildman–Crippen LogP) is 3.67. The lowest BCUT2D eigenvalue weighted by Gasteiger charge is -2.26. The molecular weight excluding hydrogens is 410 g/mol. The molecule has 0 saturated carbocycles. The molecule has 2 atom stereocenters. The summed E-state index contributed by atoms with van der Waals surface area (Å²) in [7, 11) is 1.42. The van der Waals surface area contributed by atoms with Gasteiger partial charge < -0.3 is 24.8 Å². The van der Waals surface area contributed by atoms with Gasteiger partial charge in [0.2, 0.25) is 0 Å². The molecule has 32 heavy (non-hydrogen) atoms. The molecule has 0 aliphatic carbocycles. The summed E-state index contributed by atoms with van der Waals surface area (Å²) in [6.07, 6.45) is 13.7. The molecular formula is C25H51NO6. The first-order valence-electron chi connectivity index (χ1n) is 12.9. The van der Waals surface area contributed by atoms with Crippen LogP contribution in [0.3, 0.4) is 0 Å². The first-order chi connectivity index (χ1) is 15.6. The molecule has 7 heteroatoms. The van der Waals surface area contributed by atoms with Gasteiger partial charge in [0, 0.05) is 26.1 Å². The molecule has 192 valence electrons. The van der Waals surface area contributed by atoms with E-state index in [-0.39, 0.29) is 25.3 Å². The maximum atomic E-state index is 11.2. The second kappa shape index (κ2) is 23.4. The predicted molar refractivity (Wildman–Crippen MR) is 129 cm³/mol. The molecule has 0 spiro atoms. The van der Waals surface area contributed by atoms with Crippen molar-refractivity contribution in [2.45, 2.75) is 109 Å². The number of unbranched alkanes of at least 4 members (excludes halogenated alkanes) is 9. The first-order valence-corrected chi connectivity index (χ1v) is 12.9. The number of carbonyl (C=O) groups excluding carboxylic acids is 1. The van der Waals surface area contributed by atoms with Gasteiger partial charge in [-0.2, -0.15) is 0 Å². The molecule has 2 unspecified atom stereocenters. The number of aliphatic hydroxyl groups excluding tert-OH is 3. The third-order valence-electron chi connectivity index (χ3n) is 5.95. The van der Waals surface area contributed by atoms with Crippen LogP contribution in [0.2, 0.25) is 0 Å². The van der Waals surface area contributed by atoms with E-state index in [0.717, 1.165) is 57.8 Å². The van der Waals surface area contributed by atoms with Gasteiger partial charge in [-0.3, -0.25) is 9.69 Å². The van der Waals surface area contributed by atoms with Crippen molar-refractivity contribution < 1.29 is 29.6 Å². The molecule has 0 rings (SSSR count). The highest BCUT2D eigenvalue weighted by atomic mass is 16.5. The largest absolute Gasteiger partial charge is 0.469 e. The number of rotatable bonds is 24. The zero-order chi connectivity index (χ0) is 23.9. The Labute approximate surface area is 196 Å². The molecule has 0 fully saturated rings. The van der Waals surface area contributed by atoms with E-state index >= 15 is 0 Å². The highest BCUT2D eigenvalue weighted by molar-refractivity contribution is 5.68. The van der Waals surface area contributed by atoms with Crippen LogP contribution in [-0.4, -0.2) is 85.0 Å². The Morgan fingerprint density at radius 3 is 1.97 bits per heavy atom. The number of esters is 1. The van der Waals surface area contributed by atoms with Crippen LogP contribution in [0, 0.1) is 0 Å². The summed E-state index contributed by atoms with van der Waals surface area (Å²) in [5.74, 6) is -0.146. The molecule has 0 aromatic heterocycles. The van der Waals surface area contributed by atoms with Crippen LogP contribution in [0.25, 0.3) is 0 Å². The molecule has 0 amide bonds. The highest BCUT2D eigenvalue weighted by Gasteiger charge is 2.19. The Kier molecular flexibility index (Phi) is 22.9. The number of ether oxygens (including phenoxy) is 2. The fraction of sp³-hybridized carbons (Fsp3) is 0.960. The van der Waals surface area contributed by atoms with Gasteiger partial charge in [-0.05, 0) is 19.3 Å². The Balaban J connectivity index is 4.31. The zero-order valence-electron chi connectivity index (χ0n) is 20.8. The van der Waals surface area contributed by atoms with E-state index in [1.807, 2.05) is 4.90 Å².